The molecule has 41 heavy (non-hydrogen) atoms. The predicted octanol–water partition coefficient (Wildman–Crippen LogP) is 7.18. The van der Waals surface area contributed by atoms with E-state index in [1.54, 1.807) is 12.1 Å². The largest absolute Gasteiger partial charge is 0.507 e. The zero-order valence-corrected chi connectivity index (χ0v) is 27.1. The van der Waals surface area contributed by atoms with Gasteiger partial charge in [-0.05, 0) is 83.9 Å². The number of ether oxygens (including phenoxy) is 2. The number of phenols is 1. The number of aliphatic hydroxyl groups excluding tert-OH is 1. The molecule has 4 rings (SSSR count). The minimum atomic E-state index is -0.776. The first kappa shape index (κ1) is 31.0. The van der Waals surface area contributed by atoms with Crippen LogP contribution in [0.4, 0.5) is 0 Å². The van der Waals surface area contributed by atoms with Crippen LogP contribution in [-0.2, 0) is 4.74 Å². The highest BCUT2D eigenvalue weighted by Crippen LogP contribution is 2.34. The highest BCUT2D eigenvalue weighted by molar-refractivity contribution is 14.2. The van der Waals surface area contributed by atoms with Gasteiger partial charge in [0.05, 0.1) is 18.3 Å². The number of hydrogen-bond donors (Lipinski definition) is 2. The third-order valence-corrected chi connectivity index (χ3v) is 8.93. The lowest BCUT2D eigenvalue weighted by molar-refractivity contribution is -0.0242. The molecule has 8 heteroatoms. The minimum Gasteiger partial charge on any atom is -0.507 e. The van der Waals surface area contributed by atoms with Gasteiger partial charge in [-0.3, -0.25) is 0 Å². The van der Waals surface area contributed by atoms with Crippen molar-refractivity contribution in [2.24, 2.45) is 5.92 Å². The maximum atomic E-state index is 11.0. The Kier molecular flexibility index (Phi) is 10.4. The molecule has 0 fully saturated rings. The number of benzene rings is 2. The highest BCUT2D eigenvalue weighted by Gasteiger charge is 2.19. The lowest BCUT2D eigenvalue weighted by Crippen LogP contribution is -2.26. The normalized spacial score (nSPS) is 15.0. The van der Waals surface area contributed by atoms with E-state index in [1.165, 1.54) is 15.2 Å². The second-order valence-electron chi connectivity index (χ2n) is 11.1. The summed E-state index contributed by atoms with van der Waals surface area (Å²) >= 11 is -0.232. The molecule has 2 unspecified atom stereocenters. The van der Waals surface area contributed by atoms with Crippen molar-refractivity contribution in [3.05, 3.63) is 68.6 Å². The SMILES string of the molecule is CC1=CC(C)=C(c2nc(-c3ccc(C)cc3C)nc(-c3ccc(OCC(O)COC(C)CC(C)C)cc3O)n2)C=I1. The van der Waals surface area contributed by atoms with Gasteiger partial charge in [0.25, 0.3) is 0 Å². The van der Waals surface area contributed by atoms with E-state index in [0.717, 1.165) is 28.7 Å². The molecule has 0 bridgehead atoms. The Morgan fingerprint density at radius 3 is 2.20 bits per heavy atom. The van der Waals surface area contributed by atoms with Crippen molar-refractivity contribution in [3.8, 4) is 34.3 Å². The fraction of sp³-hybridized carbons (Fsp3) is 0.394. The first-order valence-corrected chi connectivity index (χ1v) is 16.3. The minimum absolute atomic E-state index is 0.0102. The molecule has 2 atom stereocenters. The van der Waals surface area contributed by atoms with Crippen LogP contribution in [0.1, 0.15) is 58.0 Å². The Balaban J connectivity index is 1.61. The van der Waals surface area contributed by atoms with E-state index in [2.05, 4.69) is 50.8 Å². The van der Waals surface area contributed by atoms with Crippen LogP contribution in [0.15, 0.2) is 51.6 Å². The number of hydrogen-bond acceptors (Lipinski definition) is 7. The third-order valence-electron chi connectivity index (χ3n) is 6.70. The molecule has 0 amide bonds. The zero-order valence-electron chi connectivity index (χ0n) is 24.9. The van der Waals surface area contributed by atoms with E-state index in [-0.39, 0.29) is 45.8 Å². The number of aromatic nitrogens is 3. The molecular formula is C33H40IN3O4. The van der Waals surface area contributed by atoms with Gasteiger partial charge in [0.2, 0.25) is 0 Å². The summed E-state index contributed by atoms with van der Waals surface area (Å²) in [6.07, 6.45) is 2.43. The average Bonchev–Trinajstić information content (AvgIpc) is 2.90. The second-order valence-corrected chi connectivity index (χ2v) is 14.0. The van der Waals surface area contributed by atoms with Gasteiger partial charge in [0.1, 0.15) is 24.2 Å². The van der Waals surface area contributed by atoms with Gasteiger partial charge >= 0.3 is 0 Å². The van der Waals surface area contributed by atoms with E-state index in [4.69, 9.17) is 24.4 Å². The fourth-order valence-electron chi connectivity index (χ4n) is 4.70. The van der Waals surface area contributed by atoms with Crippen molar-refractivity contribution in [2.75, 3.05) is 13.2 Å². The van der Waals surface area contributed by atoms with Crippen LogP contribution in [0.3, 0.4) is 0 Å². The molecule has 0 saturated heterocycles. The quantitative estimate of drug-likeness (QED) is 0.209. The summed E-state index contributed by atoms with van der Waals surface area (Å²) in [7, 11) is 0. The molecule has 0 spiro atoms. The van der Waals surface area contributed by atoms with Gasteiger partial charge in [0.15, 0.2) is 17.5 Å². The molecule has 3 aromatic rings. The Labute approximate surface area is 253 Å². The first-order chi connectivity index (χ1) is 19.5. The van der Waals surface area contributed by atoms with E-state index in [0.29, 0.717) is 34.7 Å². The number of phenolic OH excluding ortho intramolecular Hbond substituents is 1. The van der Waals surface area contributed by atoms with Crippen molar-refractivity contribution in [2.45, 2.75) is 67.1 Å². The summed E-state index contributed by atoms with van der Waals surface area (Å²) in [5, 5.41) is 21.3. The number of nitrogens with zero attached hydrogens (tertiary/aromatic N) is 3. The number of aliphatic hydroxyl groups is 1. The Bertz CT molecular complexity index is 1500. The van der Waals surface area contributed by atoms with Crippen molar-refractivity contribution >= 4 is 30.3 Å². The molecule has 1 aliphatic rings. The second kappa shape index (κ2) is 13.8. The van der Waals surface area contributed by atoms with Crippen molar-refractivity contribution in [1.82, 2.24) is 15.0 Å². The highest BCUT2D eigenvalue weighted by atomic mass is 127. The number of aromatic hydroxyl groups is 1. The molecule has 2 heterocycles. The smallest absolute Gasteiger partial charge is 0.167 e. The molecule has 0 saturated carbocycles. The molecule has 0 aliphatic carbocycles. The Hall–Kier alpha value is -2.95. The topological polar surface area (TPSA) is 97.6 Å². The molecule has 2 N–H and O–H groups in total. The molecule has 7 nitrogen and oxygen atoms in total. The lowest BCUT2D eigenvalue weighted by Gasteiger charge is -2.18. The summed E-state index contributed by atoms with van der Waals surface area (Å²) in [6.45, 7) is 14.9. The van der Waals surface area contributed by atoms with Crippen LogP contribution in [0, 0.1) is 19.8 Å². The number of halogens is 1. The summed E-state index contributed by atoms with van der Waals surface area (Å²) in [6, 6.07) is 11.2. The van der Waals surface area contributed by atoms with Crippen LogP contribution >= 0.6 is 20.7 Å². The molecule has 1 aliphatic heterocycles. The maximum absolute atomic E-state index is 11.0. The van der Waals surface area contributed by atoms with Gasteiger partial charge in [-0.15, -0.1) is 0 Å². The molecule has 218 valence electrons. The maximum Gasteiger partial charge on any atom is 0.167 e. The fourth-order valence-corrected chi connectivity index (χ4v) is 6.92. The third kappa shape index (κ3) is 8.30. The van der Waals surface area contributed by atoms with E-state index in [9.17, 15) is 10.2 Å². The van der Waals surface area contributed by atoms with Gasteiger partial charge in [-0.1, -0.05) is 58.3 Å². The van der Waals surface area contributed by atoms with Gasteiger partial charge in [0, 0.05) is 17.2 Å². The monoisotopic (exact) mass is 669 g/mol. The number of rotatable bonds is 11. The van der Waals surface area contributed by atoms with Crippen LogP contribution in [-0.4, -0.2) is 54.6 Å². The van der Waals surface area contributed by atoms with Gasteiger partial charge in [-0.25, -0.2) is 15.0 Å². The number of allylic oxidation sites excluding steroid dienone is 4. The molecule has 0 radical (unpaired) electrons. The zero-order chi connectivity index (χ0) is 29.7. The van der Waals surface area contributed by atoms with Crippen molar-refractivity contribution in [1.29, 1.82) is 0 Å². The summed E-state index contributed by atoms with van der Waals surface area (Å²) < 4.78 is 15.1. The van der Waals surface area contributed by atoms with Crippen molar-refractivity contribution < 1.29 is 19.7 Å². The molecular weight excluding hydrogens is 629 g/mol. The number of aryl methyl sites for hydroxylation is 2. The Morgan fingerprint density at radius 2 is 1.54 bits per heavy atom. The van der Waals surface area contributed by atoms with E-state index >= 15 is 0 Å². The predicted molar refractivity (Wildman–Crippen MR) is 175 cm³/mol. The standard InChI is InChI=1S/C33H40IN3O4/c1-19(2)12-24(7)40-17-25(38)18-41-26-9-11-28(30(39)15-26)32-35-31(27-10-8-20(3)13-21(27)4)36-33(37-32)29-16-34-23(6)14-22(29)5/h8-11,13-16,19,24-25,38-39H,12,17-18H2,1-7H3. The lowest BCUT2D eigenvalue weighted by atomic mass is 10.0. The van der Waals surface area contributed by atoms with Crippen LogP contribution in [0.25, 0.3) is 28.3 Å². The summed E-state index contributed by atoms with van der Waals surface area (Å²) in [5.41, 5.74) is 5.77. The average molecular weight is 670 g/mol. The van der Waals surface area contributed by atoms with E-state index in [1.807, 2.05) is 26.0 Å². The summed E-state index contributed by atoms with van der Waals surface area (Å²) in [5.74, 6) is 2.51. The van der Waals surface area contributed by atoms with E-state index < -0.39 is 6.10 Å². The molecule has 1 aromatic heterocycles. The summed E-state index contributed by atoms with van der Waals surface area (Å²) in [4.78, 5) is 14.5. The first-order valence-electron chi connectivity index (χ1n) is 14.0. The van der Waals surface area contributed by atoms with Crippen LogP contribution < -0.4 is 4.74 Å². The van der Waals surface area contributed by atoms with Crippen LogP contribution in [0.2, 0.25) is 0 Å². The van der Waals surface area contributed by atoms with Gasteiger partial charge < -0.3 is 19.7 Å². The molecule has 2 aromatic carbocycles. The van der Waals surface area contributed by atoms with Crippen LogP contribution in [0.5, 0.6) is 11.5 Å². The van der Waals surface area contributed by atoms with Crippen molar-refractivity contribution in [3.63, 3.8) is 0 Å². The Morgan fingerprint density at radius 1 is 0.854 bits per heavy atom. The van der Waals surface area contributed by atoms with Gasteiger partial charge in [-0.2, -0.15) is 0 Å².